The SMILES string of the molecule is Cc1nn(C(C)(C)C)cc1C=O. The minimum absolute atomic E-state index is 0.0496. The molecule has 0 aromatic carbocycles. The van der Waals surface area contributed by atoms with Gasteiger partial charge in [-0.2, -0.15) is 5.10 Å². The molecule has 0 saturated carbocycles. The van der Waals surface area contributed by atoms with Gasteiger partial charge in [-0.15, -0.1) is 0 Å². The van der Waals surface area contributed by atoms with Crippen LogP contribution in [0, 0.1) is 6.92 Å². The highest BCUT2D eigenvalue weighted by Gasteiger charge is 2.15. The van der Waals surface area contributed by atoms with Crippen LogP contribution in [0.3, 0.4) is 0 Å². The first-order valence-electron chi connectivity index (χ1n) is 3.97. The Morgan fingerprint density at radius 3 is 2.33 bits per heavy atom. The number of aryl methyl sites for hydroxylation is 1. The van der Waals surface area contributed by atoms with Crippen LogP contribution >= 0.6 is 0 Å². The normalized spacial score (nSPS) is 11.7. The molecule has 3 heteroatoms. The van der Waals surface area contributed by atoms with Crippen LogP contribution in [-0.4, -0.2) is 16.1 Å². The van der Waals surface area contributed by atoms with Gasteiger partial charge in [0.15, 0.2) is 6.29 Å². The number of hydrogen-bond donors (Lipinski definition) is 0. The molecule has 1 heterocycles. The zero-order valence-electron chi connectivity index (χ0n) is 7.96. The molecule has 0 unspecified atom stereocenters. The van der Waals surface area contributed by atoms with Gasteiger partial charge in [0.1, 0.15) is 0 Å². The van der Waals surface area contributed by atoms with E-state index in [1.54, 1.807) is 6.20 Å². The molecule has 3 nitrogen and oxygen atoms in total. The Morgan fingerprint density at radius 2 is 2.08 bits per heavy atom. The fourth-order valence-corrected chi connectivity index (χ4v) is 0.933. The molecule has 0 radical (unpaired) electrons. The van der Waals surface area contributed by atoms with E-state index in [1.165, 1.54) is 0 Å². The molecule has 0 atom stereocenters. The summed E-state index contributed by atoms with van der Waals surface area (Å²) < 4.78 is 1.81. The zero-order valence-corrected chi connectivity index (χ0v) is 7.96. The third kappa shape index (κ3) is 1.55. The summed E-state index contributed by atoms with van der Waals surface area (Å²) in [6.07, 6.45) is 2.62. The van der Waals surface area contributed by atoms with Gasteiger partial charge in [0.05, 0.1) is 16.8 Å². The number of carbonyl (C=O) groups is 1. The molecule has 0 fully saturated rings. The van der Waals surface area contributed by atoms with Crippen LogP contribution in [0.25, 0.3) is 0 Å². The van der Waals surface area contributed by atoms with Crippen LogP contribution < -0.4 is 0 Å². The third-order valence-electron chi connectivity index (χ3n) is 1.75. The molecule has 0 N–H and O–H groups in total. The van der Waals surface area contributed by atoms with Gasteiger partial charge in [0.2, 0.25) is 0 Å². The van der Waals surface area contributed by atoms with Gasteiger partial charge in [-0.1, -0.05) is 0 Å². The molecular formula is C9H14N2O. The van der Waals surface area contributed by atoms with Crippen molar-refractivity contribution < 1.29 is 4.79 Å². The first-order chi connectivity index (χ1) is 5.45. The van der Waals surface area contributed by atoms with Crippen LogP contribution in [0.1, 0.15) is 36.8 Å². The van der Waals surface area contributed by atoms with Crippen LogP contribution in [0.15, 0.2) is 6.20 Å². The first-order valence-corrected chi connectivity index (χ1v) is 3.97. The maximum atomic E-state index is 10.5. The molecule has 66 valence electrons. The lowest BCUT2D eigenvalue weighted by molar-refractivity contribution is 0.112. The molecule has 12 heavy (non-hydrogen) atoms. The molecule has 0 aliphatic heterocycles. The number of hydrogen-bond acceptors (Lipinski definition) is 2. The fourth-order valence-electron chi connectivity index (χ4n) is 0.933. The van der Waals surface area contributed by atoms with E-state index in [-0.39, 0.29) is 5.54 Å². The Hall–Kier alpha value is -1.12. The number of rotatable bonds is 1. The van der Waals surface area contributed by atoms with Crippen molar-refractivity contribution in [3.8, 4) is 0 Å². The second-order valence-corrected chi connectivity index (χ2v) is 3.90. The minimum Gasteiger partial charge on any atom is -0.298 e. The summed E-state index contributed by atoms with van der Waals surface area (Å²) >= 11 is 0. The van der Waals surface area contributed by atoms with E-state index in [2.05, 4.69) is 5.10 Å². The van der Waals surface area contributed by atoms with Gasteiger partial charge in [0.25, 0.3) is 0 Å². The van der Waals surface area contributed by atoms with Crippen molar-refractivity contribution in [3.05, 3.63) is 17.5 Å². The largest absolute Gasteiger partial charge is 0.298 e. The standard InChI is InChI=1S/C9H14N2O/c1-7-8(6-12)5-11(10-7)9(2,3)4/h5-6H,1-4H3. The first kappa shape index (κ1) is 8.97. The van der Waals surface area contributed by atoms with E-state index in [0.717, 1.165) is 12.0 Å². The molecule has 0 amide bonds. The van der Waals surface area contributed by atoms with E-state index in [9.17, 15) is 4.79 Å². The zero-order chi connectivity index (χ0) is 9.35. The van der Waals surface area contributed by atoms with Gasteiger partial charge in [-0.3, -0.25) is 9.48 Å². The Bertz CT molecular complexity index is 294. The van der Waals surface area contributed by atoms with Gasteiger partial charge in [0, 0.05) is 6.20 Å². The summed E-state index contributed by atoms with van der Waals surface area (Å²) in [6, 6.07) is 0. The van der Waals surface area contributed by atoms with E-state index in [4.69, 9.17) is 0 Å². The molecule has 0 spiro atoms. The Balaban J connectivity index is 3.13. The number of carbonyl (C=O) groups excluding carboxylic acids is 1. The average molecular weight is 166 g/mol. The molecule has 0 aliphatic carbocycles. The molecular weight excluding hydrogens is 152 g/mol. The van der Waals surface area contributed by atoms with Crippen molar-refractivity contribution >= 4 is 6.29 Å². The number of nitrogens with zero attached hydrogens (tertiary/aromatic N) is 2. The second-order valence-electron chi connectivity index (χ2n) is 3.90. The maximum absolute atomic E-state index is 10.5. The summed E-state index contributed by atoms with van der Waals surface area (Å²) in [5, 5.41) is 4.24. The molecule has 0 saturated heterocycles. The lowest BCUT2D eigenvalue weighted by Gasteiger charge is -2.18. The third-order valence-corrected chi connectivity index (χ3v) is 1.75. The summed E-state index contributed by atoms with van der Waals surface area (Å²) in [6.45, 7) is 7.99. The van der Waals surface area contributed by atoms with E-state index in [1.807, 2.05) is 32.4 Å². The predicted octanol–water partition coefficient (Wildman–Crippen LogP) is 1.76. The van der Waals surface area contributed by atoms with Gasteiger partial charge in [-0.05, 0) is 27.7 Å². The Labute approximate surface area is 72.4 Å². The summed E-state index contributed by atoms with van der Waals surface area (Å²) in [5.74, 6) is 0. The molecule has 0 aliphatic rings. The van der Waals surface area contributed by atoms with Crippen LogP contribution in [0.5, 0.6) is 0 Å². The van der Waals surface area contributed by atoms with E-state index >= 15 is 0 Å². The van der Waals surface area contributed by atoms with Crippen LogP contribution in [0.2, 0.25) is 0 Å². The minimum atomic E-state index is -0.0496. The Kier molecular flexibility index (Phi) is 2.04. The molecule has 1 aromatic rings. The van der Waals surface area contributed by atoms with Gasteiger partial charge < -0.3 is 0 Å². The summed E-state index contributed by atoms with van der Waals surface area (Å²) in [4.78, 5) is 10.5. The monoisotopic (exact) mass is 166 g/mol. The molecule has 1 aromatic heterocycles. The highest BCUT2D eigenvalue weighted by atomic mass is 16.1. The molecule has 1 rings (SSSR count). The summed E-state index contributed by atoms with van der Waals surface area (Å²) in [7, 11) is 0. The van der Waals surface area contributed by atoms with Crippen molar-refractivity contribution in [1.82, 2.24) is 9.78 Å². The Morgan fingerprint density at radius 1 is 1.50 bits per heavy atom. The molecule has 0 bridgehead atoms. The second kappa shape index (κ2) is 2.73. The topological polar surface area (TPSA) is 34.9 Å². The van der Waals surface area contributed by atoms with Crippen molar-refractivity contribution in [2.75, 3.05) is 0 Å². The van der Waals surface area contributed by atoms with Gasteiger partial charge >= 0.3 is 0 Å². The highest BCUT2D eigenvalue weighted by Crippen LogP contribution is 2.14. The van der Waals surface area contributed by atoms with E-state index in [0.29, 0.717) is 5.56 Å². The van der Waals surface area contributed by atoms with Crippen molar-refractivity contribution in [3.63, 3.8) is 0 Å². The van der Waals surface area contributed by atoms with Gasteiger partial charge in [-0.25, -0.2) is 0 Å². The van der Waals surface area contributed by atoms with Crippen LogP contribution in [-0.2, 0) is 5.54 Å². The quantitative estimate of drug-likeness (QED) is 0.596. The number of aromatic nitrogens is 2. The van der Waals surface area contributed by atoms with Crippen molar-refractivity contribution in [1.29, 1.82) is 0 Å². The van der Waals surface area contributed by atoms with Crippen LogP contribution in [0.4, 0.5) is 0 Å². The number of aldehydes is 1. The van der Waals surface area contributed by atoms with Crippen molar-refractivity contribution in [2.45, 2.75) is 33.2 Å². The predicted molar refractivity (Wildman–Crippen MR) is 47.3 cm³/mol. The maximum Gasteiger partial charge on any atom is 0.153 e. The highest BCUT2D eigenvalue weighted by molar-refractivity contribution is 5.75. The van der Waals surface area contributed by atoms with Crippen molar-refractivity contribution in [2.24, 2.45) is 0 Å². The smallest absolute Gasteiger partial charge is 0.153 e. The average Bonchev–Trinajstić information content (AvgIpc) is 2.29. The van der Waals surface area contributed by atoms with E-state index < -0.39 is 0 Å². The lowest BCUT2D eigenvalue weighted by Crippen LogP contribution is -2.22. The fraction of sp³-hybridized carbons (Fsp3) is 0.556. The summed E-state index contributed by atoms with van der Waals surface area (Å²) in [5.41, 5.74) is 1.41. The lowest BCUT2D eigenvalue weighted by atomic mass is 10.1.